The summed E-state index contributed by atoms with van der Waals surface area (Å²) in [5.41, 5.74) is 1.31. The highest BCUT2D eigenvalue weighted by atomic mass is 16.1. The molecule has 1 N–H and O–H groups in total. The second kappa shape index (κ2) is 8.23. The molecule has 2 aromatic heterocycles. The molecule has 0 radical (unpaired) electrons. The van der Waals surface area contributed by atoms with Crippen LogP contribution in [0.1, 0.15) is 18.1 Å². The molecule has 1 amide bonds. The number of piperazine rings is 1. The first-order chi connectivity index (χ1) is 13.5. The van der Waals surface area contributed by atoms with Crippen LogP contribution < -0.4 is 15.8 Å². The summed E-state index contributed by atoms with van der Waals surface area (Å²) in [5, 5.41) is 11.8. The van der Waals surface area contributed by atoms with Crippen molar-refractivity contribution in [2.75, 3.05) is 44.7 Å². The minimum atomic E-state index is -0.530. The summed E-state index contributed by atoms with van der Waals surface area (Å²) in [7, 11) is 1.45. The number of nitriles is 1. The van der Waals surface area contributed by atoms with E-state index in [0.717, 1.165) is 38.3 Å². The molecule has 0 unspecified atom stereocenters. The average Bonchev–Trinajstić information content (AvgIpc) is 2.73. The van der Waals surface area contributed by atoms with E-state index in [1.807, 2.05) is 19.1 Å². The second-order valence-corrected chi connectivity index (χ2v) is 6.71. The molecular weight excluding hydrogens is 356 g/mol. The van der Waals surface area contributed by atoms with Crippen LogP contribution in [0.25, 0.3) is 11.7 Å². The van der Waals surface area contributed by atoms with Gasteiger partial charge in [0.1, 0.15) is 23.1 Å². The van der Waals surface area contributed by atoms with Crippen molar-refractivity contribution < 1.29 is 4.79 Å². The van der Waals surface area contributed by atoms with Crippen molar-refractivity contribution in [3.63, 3.8) is 0 Å². The molecule has 1 fully saturated rings. The number of hydrogen-bond donors (Lipinski definition) is 1. The number of aryl methyl sites for hydroxylation is 1. The van der Waals surface area contributed by atoms with Crippen LogP contribution in [0.4, 0.5) is 5.82 Å². The summed E-state index contributed by atoms with van der Waals surface area (Å²) in [6.07, 6.45) is 3.00. The Balaban J connectivity index is 2.21. The van der Waals surface area contributed by atoms with Gasteiger partial charge in [-0.3, -0.25) is 14.0 Å². The number of amides is 1. The van der Waals surface area contributed by atoms with Gasteiger partial charge in [-0.15, -0.1) is 0 Å². The standard InChI is InChI=1S/C20H24N6O2/c1-4-24-8-10-25(11-9-24)18-16(12-15(13-21)19(27)22-3)20(28)26-7-5-6-14(2)17(26)23-18/h5-7,12H,4,8-11H2,1-3H3,(H,22,27)/b15-12-. The summed E-state index contributed by atoms with van der Waals surface area (Å²) in [5.74, 6) is -0.00954. The predicted molar refractivity (Wildman–Crippen MR) is 108 cm³/mol. The summed E-state index contributed by atoms with van der Waals surface area (Å²) in [6, 6.07) is 5.57. The first-order valence-corrected chi connectivity index (χ1v) is 9.33. The van der Waals surface area contributed by atoms with Gasteiger partial charge in [-0.2, -0.15) is 5.26 Å². The van der Waals surface area contributed by atoms with Crippen LogP contribution in [-0.4, -0.2) is 60.0 Å². The Labute approximate surface area is 163 Å². The minimum absolute atomic E-state index is 0.123. The quantitative estimate of drug-likeness (QED) is 0.623. The van der Waals surface area contributed by atoms with E-state index in [-0.39, 0.29) is 16.7 Å². The van der Waals surface area contributed by atoms with E-state index in [2.05, 4.69) is 22.0 Å². The minimum Gasteiger partial charge on any atom is -0.354 e. The average molecular weight is 380 g/mol. The molecule has 0 aromatic carbocycles. The molecule has 0 atom stereocenters. The molecule has 8 heteroatoms. The highest BCUT2D eigenvalue weighted by Gasteiger charge is 2.23. The summed E-state index contributed by atoms with van der Waals surface area (Å²) < 4.78 is 1.46. The summed E-state index contributed by atoms with van der Waals surface area (Å²) >= 11 is 0. The van der Waals surface area contributed by atoms with Gasteiger partial charge in [-0.25, -0.2) is 4.98 Å². The zero-order valence-electron chi connectivity index (χ0n) is 16.4. The van der Waals surface area contributed by atoms with E-state index in [1.165, 1.54) is 17.5 Å². The number of carbonyl (C=O) groups excluding carboxylic acids is 1. The largest absolute Gasteiger partial charge is 0.354 e. The molecule has 3 rings (SSSR count). The van der Waals surface area contributed by atoms with Gasteiger partial charge in [0.05, 0.1) is 5.56 Å². The number of anilines is 1. The van der Waals surface area contributed by atoms with Gasteiger partial charge in [-0.1, -0.05) is 13.0 Å². The lowest BCUT2D eigenvalue weighted by Gasteiger charge is -2.35. The molecule has 0 aliphatic carbocycles. The molecule has 0 saturated carbocycles. The van der Waals surface area contributed by atoms with Gasteiger partial charge in [0.2, 0.25) is 0 Å². The van der Waals surface area contributed by atoms with Crippen molar-refractivity contribution in [3.8, 4) is 6.07 Å². The van der Waals surface area contributed by atoms with Crippen molar-refractivity contribution >= 4 is 23.4 Å². The Kier molecular flexibility index (Phi) is 5.76. The lowest BCUT2D eigenvalue weighted by Crippen LogP contribution is -2.47. The maximum atomic E-state index is 13.2. The number of hydrogen-bond acceptors (Lipinski definition) is 6. The smallest absolute Gasteiger partial charge is 0.267 e. The number of carbonyl (C=O) groups is 1. The fraction of sp³-hybridized carbons (Fsp3) is 0.400. The first-order valence-electron chi connectivity index (χ1n) is 9.33. The molecule has 1 saturated heterocycles. The van der Waals surface area contributed by atoms with Crippen LogP contribution >= 0.6 is 0 Å². The SMILES string of the molecule is CCN1CCN(c2nc3c(C)cccn3c(=O)c2/C=C(/C#N)C(=O)NC)CC1. The molecular formula is C20H24N6O2. The van der Waals surface area contributed by atoms with Crippen LogP contribution in [0, 0.1) is 18.3 Å². The molecule has 8 nitrogen and oxygen atoms in total. The Morgan fingerprint density at radius 1 is 1.36 bits per heavy atom. The van der Waals surface area contributed by atoms with Crippen molar-refractivity contribution in [2.45, 2.75) is 13.8 Å². The van der Waals surface area contributed by atoms with Crippen molar-refractivity contribution in [1.29, 1.82) is 5.26 Å². The van der Waals surface area contributed by atoms with E-state index in [0.29, 0.717) is 11.5 Å². The number of nitrogens with one attached hydrogen (secondary N) is 1. The third-order valence-corrected chi connectivity index (χ3v) is 5.06. The van der Waals surface area contributed by atoms with Gasteiger partial charge >= 0.3 is 0 Å². The molecule has 2 aromatic rings. The van der Waals surface area contributed by atoms with Crippen LogP contribution in [0.5, 0.6) is 0 Å². The molecule has 3 heterocycles. The van der Waals surface area contributed by atoms with E-state index in [1.54, 1.807) is 12.3 Å². The number of nitrogens with zero attached hydrogens (tertiary/aromatic N) is 5. The number of likely N-dealkylation sites (N-methyl/N-ethyl adjacent to an activating group) is 2. The number of rotatable bonds is 4. The Hall–Kier alpha value is -3.18. The number of fused-ring (bicyclic) bond motifs is 1. The van der Waals surface area contributed by atoms with Crippen molar-refractivity contribution in [2.24, 2.45) is 0 Å². The normalized spacial score (nSPS) is 15.5. The number of pyridine rings is 1. The third kappa shape index (κ3) is 3.62. The maximum Gasteiger partial charge on any atom is 0.267 e. The highest BCUT2D eigenvalue weighted by Crippen LogP contribution is 2.21. The van der Waals surface area contributed by atoms with E-state index in [4.69, 9.17) is 4.98 Å². The van der Waals surface area contributed by atoms with E-state index >= 15 is 0 Å². The lowest BCUT2D eigenvalue weighted by molar-refractivity contribution is -0.116. The van der Waals surface area contributed by atoms with Crippen LogP contribution in [-0.2, 0) is 4.79 Å². The van der Waals surface area contributed by atoms with E-state index in [9.17, 15) is 14.9 Å². The van der Waals surface area contributed by atoms with Gasteiger partial charge < -0.3 is 15.1 Å². The Bertz CT molecular complexity index is 1030. The van der Waals surface area contributed by atoms with Crippen molar-refractivity contribution in [3.05, 3.63) is 45.4 Å². The second-order valence-electron chi connectivity index (χ2n) is 6.71. The molecule has 1 aliphatic heterocycles. The highest BCUT2D eigenvalue weighted by molar-refractivity contribution is 6.02. The Morgan fingerprint density at radius 3 is 2.68 bits per heavy atom. The third-order valence-electron chi connectivity index (χ3n) is 5.06. The van der Waals surface area contributed by atoms with Crippen molar-refractivity contribution in [1.82, 2.24) is 19.6 Å². The summed E-state index contributed by atoms with van der Waals surface area (Å²) in [6.45, 7) is 8.20. The topological polar surface area (TPSA) is 93.7 Å². The lowest BCUT2D eigenvalue weighted by atomic mass is 10.1. The van der Waals surface area contributed by atoms with Crippen LogP contribution in [0.2, 0.25) is 0 Å². The maximum absolute atomic E-state index is 13.2. The molecule has 0 spiro atoms. The van der Waals surface area contributed by atoms with Gasteiger partial charge in [-0.05, 0) is 31.2 Å². The van der Waals surface area contributed by atoms with Crippen LogP contribution in [0.15, 0.2) is 28.7 Å². The zero-order chi connectivity index (χ0) is 20.3. The molecule has 1 aliphatic rings. The van der Waals surface area contributed by atoms with Gasteiger partial charge in [0.15, 0.2) is 0 Å². The number of aromatic nitrogens is 2. The van der Waals surface area contributed by atoms with Gasteiger partial charge in [0, 0.05) is 39.4 Å². The monoisotopic (exact) mass is 380 g/mol. The first kappa shape index (κ1) is 19.6. The predicted octanol–water partition coefficient (Wildman–Crippen LogP) is 0.798. The Morgan fingerprint density at radius 2 is 2.07 bits per heavy atom. The molecule has 28 heavy (non-hydrogen) atoms. The fourth-order valence-electron chi connectivity index (χ4n) is 3.37. The van der Waals surface area contributed by atoms with Crippen LogP contribution in [0.3, 0.4) is 0 Å². The van der Waals surface area contributed by atoms with Gasteiger partial charge in [0.25, 0.3) is 11.5 Å². The zero-order valence-corrected chi connectivity index (χ0v) is 16.4. The fourth-order valence-corrected chi connectivity index (χ4v) is 3.37. The summed E-state index contributed by atoms with van der Waals surface area (Å²) in [4.78, 5) is 34.4. The molecule has 0 bridgehead atoms. The van der Waals surface area contributed by atoms with E-state index < -0.39 is 5.91 Å². The molecule has 146 valence electrons.